The Labute approximate surface area is 209 Å². The summed E-state index contributed by atoms with van der Waals surface area (Å²) in [6.45, 7) is 5.10. The van der Waals surface area contributed by atoms with Gasteiger partial charge in [0.1, 0.15) is 5.75 Å². The normalized spacial score (nSPS) is 11.4. The summed E-state index contributed by atoms with van der Waals surface area (Å²) in [6, 6.07) is 14.8. The van der Waals surface area contributed by atoms with E-state index in [0.29, 0.717) is 21.9 Å². The number of anilines is 2. The second-order valence-electron chi connectivity index (χ2n) is 8.64. The fraction of sp³-hybridized carbons (Fsp3) is 0.148. The van der Waals surface area contributed by atoms with Crippen LogP contribution in [0.15, 0.2) is 77.6 Å². The SMILES string of the molecule is C=CS(=O)(=O)Nc1ccc(Oc2ccc(C)cc2F)c(-c2cn(C)c(=O)c3cc(N(C)C)ccc23)c1. The minimum absolute atomic E-state index is 0.0188. The molecule has 186 valence electrons. The molecule has 4 aromatic rings. The van der Waals surface area contributed by atoms with Crippen molar-refractivity contribution in [1.82, 2.24) is 4.57 Å². The average Bonchev–Trinajstić information content (AvgIpc) is 2.83. The number of aromatic nitrogens is 1. The Morgan fingerprint density at radius 1 is 1.00 bits per heavy atom. The Balaban J connectivity index is 1.98. The summed E-state index contributed by atoms with van der Waals surface area (Å²) in [4.78, 5) is 14.9. The van der Waals surface area contributed by atoms with E-state index in [-0.39, 0.29) is 22.7 Å². The van der Waals surface area contributed by atoms with Crippen LogP contribution in [0.3, 0.4) is 0 Å². The van der Waals surface area contributed by atoms with Crippen molar-refractivity contribution in [3.63, 3.8) is 0 Å². The minimum atomic E-state index is -3.77. The summed E-state index contributed by atoms with van der Waals surface area (Å²) in [7, 11) is 1.63. The lowest BCUT2D eigenvalue weighted by Crippen LogP contribution is -2.17. The largest absolute Gasteiger partial charge is 0.454 e. The monoisotopic (exact) mass is 507 g/mol. The first-order valence-electron chi connectivity index (χ1n) is 11.0. The molecule has 0 saturated heterocycles. The lowest BCUT2D eigenvalue weighted by atomic mass is 9.98. The molecular weight excluding hydrogens is 481 g/mol. The van der Waals surface area contributed by atoms with E-state index in [2.05, 4.69) is 11.3 Å². The summed E-state index contributed by atoms with van der Waals surface area (Å²) < 4.78 is 48.7. The fourth-order valence-corrected chi connectivity index (χ4v) is 4.39. The van der Waals surface area contributed by atoms with Gasteiger partial charge in [-0.25, -0.2) is 12.8 Å². The maximum atomic E-state index is 14.6. The lowest BCUT2D eigenvalue weighted by Gasteiger charge is -2.18. The topological polar surface area (TPSA) is 80.6 Å². The van der Waals surface area contributed by atoms with Crippen molar-refractivity contribution in [3.05, 3.63) is 94.5 Å². The molecule has 3 aromatic carbocycles. The highest BCUT2D eigenvalue weighted by molar-refractivity contribution is 7.95. The van der Waals surface area contributed by atoms with E-state index in [4.69, 9.17) is 4.74 Å². The Kier molecular flexibility index (Phi) is 6.60. The molecule has 0 fully saturated rings. The molecule has 1 heterocycles. The fourth-order valence-electron chi connectivity index (χ4n) is 3.85. The van der Waals surface area contributed by atoms with E-state index in [9.17, 15) is 17.6 Å². The lowest BCUT2D eigenvalue weighted by molar-refractivity contribution is 0.443. The summed E-state index contributed by atoms with van der Waals surface area (Å²) >= 11 is 0. The molecule has 7 nitrogen and oxygen atoms in total. The molecule has 0 saturated carbocycles. The van der Waals surface area contributed by atoms with Crippen molar-refractivity contribution in [2.75, 3.05) is 23.7 Å². The maximum Gasteiger partial charge on any atom is 0.258 e. The van der Waals surface area contributed by atoms with Gasteiger partial charge in [-0.05, 0) is 60.3 Å². The highest BCUT2D eigenvalue weighted by atomic mass is 32.2. The number of rotatable bonds is 7. The van der Waals surface area contributed by atoms with Crippen molar-refractivity contribution in [2.45, 2.75) is 6.92 Å². The third kappa shape index (κ3) is 4.96. The Hall–Kier alpha value is -4.11. The van der Waals surface area contributed by atoms with E-state index >= 15 is 0 Å². The second-order valence-corrected chi connectivity index (χ2v) is 10.3. The van der Waals surface area contributed by atoms with Crippen LogP contribution >= 0.6 is 0 Å². The van der Waals surface area contributed by atoms with Crippen LogP contribution in [0.1, 0.15) is 5.56 Å². The number of hydrogen-bond donors (Lipinski definition) is 1. The zero-order valence-electron chi connectivity index (χ0n) is 20.4. The molecule has 1 aromatic heterocycles. The predicted molar refractivity (Wildman–Crippen MR) is 143 cm³/mol. The molecule has 0 unspecified atom stereocenters. The summed E-state index contributed by atoms with van der Waals surface area (Å²) in [5.74, 6) is -0.223. The zero-order valence-corrected chi connectivity index (χ0v) is 21.2. The number of benzene rings is 3. The molecule has 0 spiro atoms. The van der Waals surface area contributed by atoms with Gasteiger partial charge in [-0.3, -0.25) is 9.52 Å². The smallest absolute Gasteiger partial charge is 0.258 e. The van der Waals surface area contributed by atoms with Gasteiger partial charge in [0.15, 0.2) is 11.6 Å². The highest BCUT2D eigenvalue weighted by Crippen LogP contribution is 2.39. The molecule has 36 heavy (non-hydrogen) atoms. The maximum absolute atomic E-state index is 14.6. The molecule has 0 bridgehead atoms. The summed E-state index contributed by atoms with van der Waals surface area (Å²) in [5.41, 5.74) is 2.75. The van der Waals surface area contributed by atoms with Gasteiger partial charge in [0.25, 0.3) is 15.6 Å². The Bertz CT molecular complexity index is 1660. The second kappa shape index (κ2) is 9.50. The molecular formula is C27H26FN3O4S. The van der Waals surface area contributed by atoms with E-state index in [1.165, 1.54) is 22.8 Å². The van der Waals surface area contributed by atoms with Crippen molar-refractivity contribution in [2.24, 2.45) is 7.05 Å². The van der Waals surface area contributed by atoms with Gasteiger partial charge in [0, 0.05) is 60.6 Å². The standard InChI is InChI=1S/C27H26FN3O4S/c1-6-36(33,34)29-18-8-12-25(35-26-11-7-17(2)13-24(26)28)21(14-18)23-16-31(5)27(32)22-15-19(30(3)4)9-10-20(22)23/h6-16,29H,1H2,2-5H3. The van der Waals surface area contributed by atoms with Crippen LogP contribution in [-0.4, -0.2) is 27.1 Å². The van der Waals surface area contributed by atoms with E-state index in [1.807, 2.05) is 31.1 Å². The van der Waals surface area contributed by atoms with Crippen LogP contribution < -0.4 is 19.9 Å². The molecule has 0 amide bonds. The van der Waals surface area contributed by atoms with Crippen LogP contribution in [0.4, 0.5) is 15.8 Å². The van der Waals surface area contributed by atoms with E-state index in [0.717, 1.165) is 16.7 Å². The van der Waals surface area contributed by atoms with Gasteiger partial charge in [0.2, 0.25) is 0 Å². The third-order valence-corrected chi connectivity index (χ3v) is 6.70. The van der Waals surface area contributed by atoms with Gasteiger partial charge in [-0.15, -0.1) is 0 Å². The first kappa shape index (κ1) is 25.0. The van der Waals surface area contributed by atoms with E-state index in [1.54, 1.807) is 44.4 Å². The van der Waals surface area contributed by atoms with Gasteiger partial charge < -0.3 is 14.2 Å². The Morgan fingerprint density at radius 3 is 2.39 bits per heavy atom. The van der Waals surface area contributed by atoms with Gasteiger partial charge in [0.05, 0.1) is 0 Å². The molecule has 1 N–H and O–H groups in total. The van der Waals surface area contributed by atoms with Crippen LogP contribution in [0.5, 0.6) is 11.5 Å². The van der Waals surface area contributed by atoms with Gasteiger partial charge in [-0.2, -0.15) is 0 Å². The molecule has 9 heteroatoms. The van der Waals surface area contributed by atoms with Crippen LogP contribution in [0.2, 0.25) is 0 Å². The number of halogens is 1. The zero-order chi connectivity index (χ0) is 26.2. The number of aryl methyl sites for hydroxylation is 2. The van der Waals surface area contributed by atoms with Crippen molar-refractivity contribution < 1.29 is 17.5 Å². The molecule has 0 aliphatic rings. The number of nitrogens with zero attached hydrogens (tertiary/aromatic N) is 2. The summed E-state index contributed by atoms with van der Waals surface area (Å²) in [6.07, 6.45) is 1.65. The Morgan fingerprint density at radius 2 is 1.72 bits per heavy atom. The van der Waals surface area contributed by atoms with Gasteiger partial charge in [-0.1, -0.05) is 18.7 Å². The van der Waals surface area contributed by atoms with Crippen LogP contribution in [0.25, 0.3) is 21.9 Å². The van der Waals surface area contributed by atoms with Gasteiger partial charge >= 0.3 is 0 Å². The number of pyridine rings is 1. The number of nitrogens with one attached hydrogen (secondary N) is 1. The van der Waals surface area contributed by atoms with Crippen molar-refractivity contribution >= 4 is 32.2 Å². The first-order chi connectivity index (χ1) is 17.0. The minimum Gasteiger partial charge on any atom is -0.454 e. The van der Waals surface area contributed by atoms with Crippen molar-refractivity contribution in [3.8, 4) is 22.6 Å². The predicted octanol–water partition coefficient (Wildman–Crippen LogP) is 5.40. The first-order valence-corrected chi connectivity index (χ1v) is 12.6. The third-order valence-electron chi connectivity index (χ3n) is 5.74. The number of hydrogen-bond acceptors (Lipinski definition) is 5. The van der Waals surface area contributed by atoms with Crippen LogP contribution in [-0.2, 0) is 17.1 Å². The summed E-state index contributed by atoms with van der Waals surface area (Å²) in [5, 5.41) is 1.93. The molecule has 0 aliphatic carbocycles. The molecule has 0 aliphatic heterocycles. The quantitative estimate of drug-likeness (QED) is 0.363. The molecule has 0 radical (unpaired) electrons. The molecule has 0 atom stereocenters. The van der Waals surface area contributed by atoms with Crippen molar-refractivity contribution in [1.29, 1.82) is 0 Å². The van der Waals surface area contributed by atoms with E-state index < -0.39 is 15.8 Å². The number of sulfonamides is 1. The average molecular weight is 508 g/mol. The highest BCUT2D eigenvalue weighted by Gasteiger charge is 2.18. The number of fused-ring (bicyclic) bond motifs is 1. The van der Waals surface area contributed by atoms with Crippen LogP contribution in [0, 0.1) is 12.7 Å². The number of ether oxygens (including phenoxy) is 1. The molecule has 4 rings (SSSR count).